The Bertz CT molecular complexity index is 795. The summed E-state index contributed by atoms with van der Waals surface area (Å²) in [5.41, 5.74) is -0.206. The number of fused-ring (bicyclic) bond motifs is 1. The fourth-order valence-electron chi connectivity index (χ4n) is 3.91. The fraction of sp³-hybridized carbons (Fsp3) is 0.571. The highest BCUT2D eigenvalue weighted by atomic mass is 16.5. The van der Waals surface area contributed by atoms with Gasteiger partial charge in [0.2, 0.25) is 11.8 Å². The first kappa shape index (κ1) is 21.1. The third-order valence-corrected chi connectivity index (χ3v) is 5.67. The van der Waals surface area contributed by atoms with Gasteiger partial charge in [-0.15, -0.1) is 0 Å². The van der Waals surface area contributed by atoms with Crippen molar-refractivity contribution in [2.45, 2.75) is 44.2 Å². The number of benzene rings is 1. The SMILES string of the molecule is COCCNC(=O)C(C)N1CCC2(CCC1=O)CC(=O)c1ccc(OC)cc1O2. The van der Waals surface area contributed by atoms with Crippen molar-refractivity contribution in [2.24, 2.45) is 0 Å². The molecule has 2 amide bonds. The van der Waals surface area contributed by atoms with E-state index in [-0.39, 0.29) is 30.4 Å². The molecular formula is C21H28N2O6. The third-order valence-electron chi connectivity index (χ3n) is 5.67. The molecule has 2 aliphatic heterocycles. The lowest BCUT2D eigenvalue weighted by atomic mass is 9.84. The summed E-state index contributed by atoms with van der Waals surface area (Å²) in [6, 6.07) is 4.57. The van der Waals surface area contributed by atoms with E-state index >= 15 is 0 Å². The minimum absolute atomic E-state index is 0.000147. The number of hydrogen-bond donors (Lipinski definition) is 1. The standard InChI is InChI=1S/C21H28N2O6/c1-14(20(26)22-9-11-27-2)23-10-8-21(7-6-19(23)25)13-17(24)16-5-4-15(28-3)12-18(16)29-21/h4-5,12,14H,6-11,13H2,1-3H3,(H,22,26). The number of nitrogens with one attached hydrogen (secondary N) is 1. The van der Waals surface area contributed by atoms with E-state index in [1.807, 2.05) is 0 Å². The Kier molecular flexibility index (Phi) is 6.42. The van der Waals surface area contributed by atoms with E-state index in [9.17, 15) is 14.4 Å². The number of amides is 2. The third kappa shape index (κ3) is 4.53. The van der Waals surface area contributed by atoms with Crippen molar-refractivity contribution in [3.8, 4) is 11.5 Å². The lowest BCUT2D eigenvalue weighted by molar-refractivity contribution is -0.139. The maximum absolute atomic E-state index is 12.7. The molecule has 0 aromatic heterocycles. The molecule has 2 unspecified atom stereocenters. The summed E-state index contributed by atoms with van der Waals surface area (Å²) in [5.74, 6) is 0.777. The summed E-state index contributed by atoms with van der Waals surface area (Å²) < 4.78 is 16.5. The number of carbonyl (C=O) groups excluding carboxylic acids is 3. The zero-order chi connectivity index (χ0) is 21.0. The Labute approximate surface area is 170 Å². The molecule has 3 rings (SSSR count). The molecule has 0 bridgehead atoms. The Morgan fingerprint density at radius 3 is 2.83 bits per heavy atom. The summed E-state index contributed by atoms with van der Waals surface area (Å²) in [4.78, 5) is 39.4. The number of carbonyl (C=O) groups is 3. The zero-order valence-electron chi connectivity index (χ0n) is 17.2. The first-order chi connectivity index (χ1) is 13.9. The van der Waals surface area contributed by atoms with Gasteiger partial charge in [0.15, 0.2) is 5.78 Å². The summed E-state index contributed by atoms with van der Waals surface area (Å²) in [5, 5.41) is 2.77. The van der Waals surface area contributed by atoms with Gasteiger partial charge in [-0.2, -0.15) is 0 Å². The van der Waals surface area contributed by atoms with Gasteiger partial charge in [-0.1, -0.05) is 0 Å². The van der Waals surface area contributed by atoms with Gasteiger partial charge in [0.1, 0.15) is 23.1 Å². The van der Waals surface area contributed by atoms with Crippen molar-refractivity contribution >= 4 is 17.6 Å². The Morgan fingerprint density at radius 2 is 2.10 bits per heavy atom. The number of ether oxygens (including phenoxy) is 3. The molecule has 1 fully saturated rings. The van der Waals surface area contributed by atoms with Gasteiger partial charge >= 0.3 is 0 Å². The fourth-order valence-corrected chi connectivity index (χ4v) is 3.91. The molecule has 8 heteroatoms. The number of likely N-dealkylation sites (tertiary alicyclic amines) is 1. The van der Waals surface area contributed by atoms with E-state index in [0.717, 1.165) is 0 Å². The van der Waals surface area contributed by atoms with Gasteiger partial charge in [-0.3, -0.25) is 14.4 Å². The van der Waals surface area contributed by atoms with Crippen LogP contribution in [0, 0.1) is 0 Å². The van der Waals surface area contributed by atoms with E-state index in [4.69, 9.17) is 14.2 Å². The molecule has 29 heavy (non-hydrogen) atoms. The number of nitrogens with zero attached hydrogens (tertiary/aromatic N) is 1. The van der Waals surface area contributed by atoms with E-state index in [1.54, 1.807) is 44.2 Å². The summed E-state index contributed by atoms with van der Waals surface area (Å²) >= 11 is 0. The van der Waals surface area contributed by atoms with Crippen LogP contribution in [0.2, 0.25) is 0 Å². The predicted molar refractivity (Wildman–Crippen MR) is 105 cm³/mol. The van der Waals surface area contributed by atoms with Crippen molar-refractivity contribution in [3.05, 3.63) is 23.8 Å². The predicted octanol–water partition coefficient (Wildman–Crippen LogP) is 1.56. The molecule has 158 valence electrons. The van der Waals surface area contributed by atoms with Crippen molar-refractivity contribution in [2.75, 3.05) is 33.9 Å². The molecule has 1 N–H and O–H groups in total. The quantitative estimate of drug-likeness (QED) is 0.724. The van der Waals surface area contributed by atoms with Gasteiger partial charge in [0, 0.05) is 39.1 Å². The van der Waals surface area contributed by atoms with Crippen LogP contribution in [0.4, 0.5) is 0 Å². The van der Waals surface area contributed by atoms with Gasteiger partial charge in [-0.05, 0) is 25.5 Å². The molecule has 0 radical (unpaired) electrons. The molecule has 1 aromatic rings. The second-order valence-electron chi connectivity index (χ2n) is 7.54. The number of ketones is 1. The molecule has 2 aliphatic rings. The first-order valence-electron chi connectivity index (χ1n) is 9.85. The number of hydrogen-bond acceptors (Lipinski definition) is 6. The topological polar surface area (TPSA) is 94.2 Å². The van der Waals surface area contributed by atoms with Gasteiger partial charge in [0.25, 0.3) is 0 Å². The van der Waals surface area contributed by atoms with E-state index < -0.39 is 11.6 Å². The molecule has 0 saturated carbocycles. The molecular weight excluding hydrogens is 376 g/mol. The van der Waals surface area contributed by atoms with Crippen LogP contribution in [-0.2, 0) is 14.3 Å². The Hall–Kier alpha value is -2.61. The lowest BCUT2D eigenvalue weighted by Crippen LogP contribution is -2.49. The van der Waals surface area contributed by atoms with E-state index in [2.05, 4.69) is 5.32 Å². The number of methoxy groups -OCH3 is 2. The summed E-state index contributed by atoms with van der Waals surface area (Å²) in [6.07, 6.45) is 1.36. The van der Waals surface area contributed by atoms with Crippen LogP contribution >= 0.6 is 0 Å². The van der Waals surface area contributed by atoms with Crippen LogP contribution in [0.25, 0.3) is 0 Å². The highest BCUT2D eigenvalue weighted by molar-refractivity contribution is 6.00. The smallest absolute Gasteiger partial charge is 0.242 e. The minimum atomic E-state index is -0.743. The number of Topliss-reactive ketones (excluding diaryl/α,β-unsaturated/α-hetero) is 1. The summed E-state index contributed by atoms with van der Waals surface area (Å²) in [6.45, 7) is 2.87. The maximum Gasteiger partial charge on any atom is 0.242 e. The first-order valence-corrected chi connectivity index (χ1v) is 9.85. The van der Waals surface area contributed by atoms with Crippen molar-refractivity contribution in [1.82, 2.24) is 10.2 Å². The molecule has 0 aliphatic carbocycles. The lowest BCUT2D eigenvalue weighted by Gasteiger charge is -2.37. The van der Waals surface area contributed by atoms with Crippen LogP contribution in [0.1, 0.15) is 43.0 Å². The van der Waals surface area contributed by atoms with Crippen LogP contribution in [0.3, 0.4) is 0 Å². The Morgan fingerprint density at radius 1 is 1.31 bits per heavy atom. The molecule has 8 nitrogen and oxygen atoms in total. The second-order valence-corrected chi connectivity index (χ2v) is 7.54. The number of rotatable bonds is 6. The van der Waals surface area contributed by atoms with Crippen molar-refractivity contribution < 1.29 is 28.6 Å². The maximum atomic E-state index is 12.7. The van der Waals surface area contributed by atoms with Gasteiger partial charge in [0.05, 0.1) is 25.7 Å². The monoisotopic (exact) mass is 404 g/mol. The average molecular weight is 404 g/mol. The van der Waals surface area contributed by atoms with Crippen LogP contribution < -0.4 is 14.8 Å². The molecule has 2 atom stereocenters. The molecule has 2 heterocycles. The molecule has 1 saturated heterocycles. The summed E-state index contributed by atoms with van der Waals surface area (Å²) in [7, 11) is 3.12. The van der Waals surface area contributed by atoms with E-state index in [0.29, 0.717) is 49.6 Å². The highest BCUT2D eigenvalue weighted by Crippen LogP contribution is 2.41. The van der Waals surface area contributed by atoms with Gasteiger partial charge in [-0.25, -0.2) is 0 Å². The highest BCUT2D eigenvalue weighted by Gasteiger charge is 2.44. The van der Waals surface area contributed by atoms with Crippen LogP contribution in [0.15, 0.2) is 18.2 Å². The largest absolute Gasteiger partial charge is 0.497 e. The zero-order valence-corrected chi connectivity index (χ0v) is 17.2. The van der Waals surface area contributed by atoms with Crippen LogP contribution in [-0.4, -0.2) is 68.1 Å². The van der Waals surface area contributed by atoms with E-state index in [1.165, 1.54) is 0 Å². The van der Waals surface area contributed by atoms with Crippen molar-refractivity contribution in [3.63, 3.8) is 0 Å². The van der Waals surface area contributed by atoms with Crippen molar-refractivity contribution in [1.29, 1.82) is 0 Å². The second kappa shape index (κ2) is 8.82. The molecule has 1 aromatic carbocycles. The minimum Gasteiger partial charge on any atom is -0.497 e. The molecule has 1 spiro atoms. The Balaban J connectivity index is 1.73. The van der Waals surface area contributed by atoms with Gasteiger partial charge < -0.3 is 24.4 Å². The van der Waals surface area contributed by atoms with Crippen LogP contribution in [0.5, 0.6) is 11.5 Å². The normalized spacial score (nSPS) is 22.5. The average Bonchev–Trinajstić information content (AvgIpc) is 2.86.